The van der Waals surface area contributed by atoms with Crippen molar-refractivity contribution in [3.8, 4) is 0 Å². The van der Waals surface area contributed by atoms with Crippen molar-refractivity contribution in [2.24, 2.45) is 0 Å². The highest BCUT2D eigenvalue weighted by Crippen LogP contribution is 2.36. The van der Waals surface area contributed by atoms with Gasteiger partial charge in [-0.1, -0.05) is 24.3 Å². The van der Waals surface area contributed by atoms with Gasteiger partial charge in [0.05, 0.1) is 10.6 Å². The molecule has 0 aromatic heterocycles. The van der Waals surface area contributed by atoms with Crippen LogP contribution in [0.2, 0.25) is 0 Å². The molecular formula is C23H22N2O3S. The lowest BCUT2D eigenvalue weighted by Gasteiger charge is -2.19. The van der Waals surface area contributed by atoms with Crippen LogP contribution in [0, 0.1) is 6.92 Å². The second kappa shape index (κ2) is 6.59. The molecule has 1 N–H and O–H groups in total. The third-order valence-electron chi connectivity index (χ3n) is 5.96. The Bertz CT molecular complexity index is 1250. The number of hydrogen-bond donors (Lipinski definition) is 1. The molecule has 2 aliphatic rings. The minimum Gasteiger partial charge on any atom is -0.312 e. The molecule has 29 heavy (non-hydrogen) atoms. The smallest absolute Gasteiger partial charge is 0.261 e. The summed E-state index contributed by atoms with van der Waals surface area (Å²) in [6, 6.07) is 14.9. The largest absolute Gasteiger partial charge is 0.312 e. The Morgan fingerprint density at radius 1 is 0.966 bits per heavy atom. The highest BCUT2D eigenvalue weighted by molar-refractivity contribution is 7.92. The van der Waals surface area contributed by atoms with Crippen molar-refractivity contribution in [3.63, 3.8) is 0 Å². The van der Waals surface area contributed by atoms with Crippen LogP contribution in [0.5, 0.6) is 0 Å². The van der Waals surface area contributed by atoms with E-state index in [1.54, 1.807) is 23.1 Å². The topological polar surface area (TPSA) is 66.5 Å². The fraction of sp³-hybridized carbons (Fsp3) is 0.261. The summed E-state index contributed by atoms with van der Waals surface area (Å²) in [5.74, 6) is 0.0923. The van der Waals surface area contributed by atoms with E-state index in [0.29, 0.717) is 18.7 Å². The van der Waals surface area contributed by atoms with Gasteiger partial charge < -0.3 is 4.90 Å². The molecule has 1 fully saturated rings. The number of rotatable bonds is 4. The number of carbonyl (C=O) groups excluding carboxylic acids is 1. The molecule has 0 atom stereocenters. The van der Waals surface area contributed by atoms with Crippen LogP contribution in [-0.2, 0) is 27.7 Å². The Balaban J connectivity index is 1.50. The molecule has 148 valence electrons. The van der Waals surface area contributed by atoms with Crippen molar-refractivity contribution < 1.29 is 13.2 Å². The molecule has 3 aromatic rings. The Morgan fingerprint density at radius 3 is 2.48 bits per heavy atom. The van der Waals surface area contributed by atoms with E-state index in [2.05, 4.69) is 10.8 Å². The molecule has 1 saturated heterocycles. The number of aryl methyl sites for hydroxylation is 3. The minimum atomic E-state index is -3.74. The molecule has 6 heteroatoms. The van der Waals surface area contributed by atoms with Gasteiger partial charge in [-0.25, -0.2) is 8.42 Å². The molecule has 5 nitrogen and oxygen atoms in total. The highest BCUT2D eigenvalue weighted by Gasteiger charge is 2.25. The van der Waals surface area contributed by atoms with Gasteiger partial charge in [-0.2, -0.15) is 0 Å². The van der Waals surface area contributed by atoms with Crippen molar-refractivity contribution in [2.75, 3.05) is 16.2 Å². The van der Waals surface area contributed by atoms with Gasteiger partial charge in [-0.05, 0) is 72.5 Å². The molecule has 1 amide bonds. The zero-order chi connectivity index (χ0) is 20.2. The SMILES string of the molecule is Cc1cc(S(=O)(=O)Nc2ccc3c4c(cccc24)CC3)ccc1N1CCCC1=O. The maximum Gasteiger partial charge on any atom is 0.261 e. The quantitative estimate of drug-likeness (QED) is 0.707. The normalized spacial score (nSPS) is 16.0. The lowest BCUT2D eigenvalue weighted by molar-refractivity contribution is -0.117. The first kappa shape index (κ1) is 18.2. The average Bonchev–Trinajstić information content (AvgIpc) is 3.31. The molecule has 1 aliphatic carbocycles. The Labute approximate surface area is 170 Å². The van der Waals surface area contributed by atoms with Gasteiger partial charge >= 0.3 is 0 Å². The van der Waals surface area contributed by atoms with Crippen LogP contribution in [0.15, 0.2) is 53.4 Å². The number of carbonyl (C=O) groups is 1. The summed E-state index contributed by atoms with van der Waals surface area (Å²) in [5, 5.41) is 2.11. The van der Waals surface area contributed by atoms with Crippen LogP contribution >= 0.6 is 0 Å². The van der Waals surface area contributed by atoms with E-state index in [1.165, 1.54) is 16.5 Å². The van der Waals surface area contributed by atoms with E-state index in [1.807, 2.05) is 31.2 Å². The summed E-state index contributed by atoms with van der Waals surface area (Å²) in [6.07, 6.45) is 3.38. The zero-order valence-electron chi connectivity index (χ0n) is 16.2. The molecule has 0 spiro atoms. The van der Waals surface area contributed by atoms with Crippen molar-refractivity contribution in [1.29, 1.82) is 0 Å². The van der Waals surface area contributed by atoms with Gasteiger partial charge in [0.15, 0.2) is 0 Å². The second-order valence-corrected chi connectivity index (χ2v) is 9.50. The van der Waals surface area contributed by atoms with E-state index >= 15 is 0 Å². The lowest BCUT2D eigenvalue weighted by Crippen LogP contribution is -2.24. The first-order chi connectivity index (χ1) is 13.9. The number of sulfonamides is 1. The monoisotopic (exact) mass is 406 g/mol. The van der Waals surface area contributed by atoms with Gasteiger partial charge in [0.1, 0.15) is 0 Å². The van der Waals surface area contributed by atoms with Crippen molar-refractivity contribution in [3.05, 3.63) is 65.2 Å². The van der Waals surface area contributed by atoms with Crippen LogP contribution in [-0.4, -0.2) is 20.9 Å². The molecule has 0 unspecified atom stereocenters. The van der Waals surface area contributed by atoms with E-state index in [-0.39, 0.29) is 10.8 Å². The zero-order valence-corrected chi connectivity index (χ0v) is 17.1. The van der Waals surface area contributed by atoms with E-state index in [4.69, 9.17) is 0 Å². The van der Waals surface area contributed by atoms with Gasteiger partial charge in [0.25, 0.3) is 10.0 Å². The molecule has 0 bridgehead atoms. The average molecular weight is 407 g/mol. The molecule has 0 radical (unpaired) electrons. The summed E-state index contributed by atoms with van der Waals surface area (Å²) in [4.78, 5) is 14.0. The van der Waals surface area contributed by atoms with E-state index < -0.39 is 10.0 Å². The van der Waals surface area contributed by atoms with Crippen LogP contribution in [0.1, 0.15) is 29.5 Å². The summed E-state index contributed by atoms with van der Waals surface area (Å²) in [6.45, 7) is 2.53. The Morgan fingerprint density at radius 2 is 1.76 bits per heavy atom. The fourth-order valence-electron chi connectivity index (χ4n) is 4.54. The molecule has 5 rings (SSSR count). The minimum absolute atomic E-state index is 0.0923. The van der Waals surface area contributed by atoms with Crippen LogP contribution < -0.4 is 9.62 Å². The number of anilines is 2. The number of hydrogen-bond acceptors (Lipinski definition) is 3. The van der Waals surface area contributed by atoms with Gasteiger partial charge in [0.2, 0.25) is 5.91 Å². The van der Waals surface area contributed by atoms with Crippen LogP contribution in [0.4, 0.5) is 11.4 Å². The number of nitrogens with zero attached hydrogens (tertiary/aromatic N) is 1. The summed E-state index contributed by atoms with van der Waals surface area (Å²) in [5.41, 5.74) is 4.72. The third kappa shape index (κ3) is 2.99. The van der Waals surface area contributed by atoms with Crippen LogP contribution in [0.25, 0.3) is 10.8 Å². The predicted molar refractivity (Wildman–Crippen MR) is 115 cm³/mol. The van der Waals surface area contributed by atoms with Crippen molar-refractivity contribution >= 4 is 38.1 Å². The van der Waals surface area contributed by atoms with Gasteiger partial charge in [-0.3, -0.25) is 9.52 Å². The van der Waals surface area contributed by atoms with Gasteiger partial charge in [0, 0.05) is 24.0 Å². The summed E-state index contributed by atoms with van der Waals surface area (Å²) in [7, 11) is -3.74. The maximum atomic E-state index is 13.1. The van der Waals surface area contributed by atoms with Crippen LogP contribution in [0.3, 0.4) is 0 Å². The number of benzene rings is 3. The molecule has 0 saturated carbocycles. The predicted octanol–water partition coefficient (Wildman–Crippen LogP) is 4.17. The third-order valence-corrected chi connectivity index (χ3v) is 7.33. The first-order valence-corrected chi connectivity index (χ1v) is 11.4. The number of nitrogens with one attached hydrogen (secondary N) is 1. The molecule has 3 aromatic carbocycles. The Hall–Kier alpha value is -2.86. The Kier molecular flexibility index (Phi) is 4.13. The summed E-state index contributed by atoms with van der Waals surface area (Å²) < 4.78 is 29.0. The fourth-order valence-corrected chi connectivity index (χ4v) is 5.70. The lowest BCUT2D eigenvalue weighted by atomic mass is 10.0. The van der Waals surface area contributed by atoms with E-state index in [9.17, 15) is 13.2 Å². The number of amides is 1. The standard InChI is InChI=1S/C23H22N2O3S/c1-15-14-18(10-12-21(15)25-13-3-6-22(25)26)29(27,28)24-20-11-9-17-8-7-16-4-2-5-19(20)23(16)17/h2,4-5,9-12,14,24H,3,6-8,13H2,1H3. The maximum absolute atomic E-state index is 13.1. The molecular weight excluding hydrogens is 384 g/mol. The van der Waals surface area contributed by atoms with Crippen molar-refractivity contribution in [1.82, 2.24) is 0 Å². The van der Waals surface area contributed by atoms with Crippen molar-refractivity contribution in [2.45, 2.75) is 37.5 Å². The highest BCUT2D eigenvalue weighted by atomic mass is 32.2. The van der Waals surface area contributed by atoms with Gasteiger partial charge in [-0.15, -0.1) is 0 Å². The second-order valence-electron chi connectivity index (χ2n) is 7.81. The first-order valence-electron chi connectivity index (χ1n) is 9.91. The van der Waals surface area contributed by atoms with E-state index in [0.717, 1.165) is 35.9 Å². The summed E-state index contributed by atoms with van der Waals surface area (Å²) >= 11 is 0. The molecule has 1 aliphatic heterocycles. The molecule has 1 heterocycles.